The van der Waals surface area contributed by atoms with Crippen LogP contribution in [0.4, 0.5) is 0 Å². The van der Waals surface area contributed by atoms with Gasteiger partial charge in [0.05, 0.1) is 25.9 Å². The lowest BCUT2D eigenvalue weighted by atomic mass is 10.1. The second-order valence-electron chi connectivity index (χ2n) is 7.10. The molecule has 0 spiro atoms. The summed E-state index contributed by atoms with van der Waals surface area (Å²) in [5.74, 6) is 1.01. The van der Waals surface area contributed by atoms with Crippen LogP contribution < -0.4 is 4.74 Å². The van der Waals surface area contributed by atoms with Crippen LogP contribution in [-0.2, 0) is 17.9 Å². The van der Waals surface area contributed by atoms with E-state index in [1.165, 1.54) is 0 Å². The molecule has 2 heterocycles. The summed E-state index contributed by atoms with van der Waals surface area (Å²) < 4.78 is 7.30. The van der Waals surface area contributed by atoms with Gasteiger partial charge in [0.25, 0.3) is 0 Å². The fraction of sp³-hybridized carbons (Fsp3) is 0.500. The highest BCUT2D eigenvalue weighted by Gasteiger charge is 2.27. The van der Waals surface area contributed by atoms with Gasteiger partial charge in [-0.15, -0.1) is 0 Å². The van der Waals surface area contributed by atoms with E-state index < -0.39 is 0 Å². The molecule has 6 nitrogen and oxygen atoms in total. The lowest BCUT2D eigenvalue weighted by molar-refractivity contribution is -0.137. The van der Waals surface area contributed by atoms with Gasteiger partial charge >= 0.3 is 0 Å². The topological polar surface area (TPSA) is 50.6 Å². The Kier molecular flexibility index (Phi) is 5.61. The van der Waals surface area contributed by atoms with Crippen molar-refractivity contribution in [3.8, 4) is 5.75 Å². The average molecular weight is 356 g/mol. The second-order valence-corrected chi connectivity index (χ2v) is 7.10. The Bertz CT molecular complexity index is 771. The molecule has 1 aromatic carbocycles. The fourth-order valence-corrected chi connectivity index (χ4v) is 3.49. The number of hydrogen-bond donors (Lipinski definition) is 0. The quantitative estimate of drug-likeness (QED) is 0.797. The van der Waals surface area contributed by atoms with E-state index in [0.29, 0.717) is 13.1 Å². The molecule has 1 amide bonds. The van der Waals surface area contributed by atoms with Gasteiger partial charge in [-0.2, -0.15) is 5.10 Å². The van der Waals surface area contributed by atoms with Crippen LogP contribution in [0.25, 0.3) is 0 Å². The smallest absolute Gasteiger partial charge is 0.237 e. The number of hydrogen-bond acceptors (Lipinski definition) is 4. The van der Waals surface area contributed by atoms with Crippen molar-refractivity contribution in [2.45, 2.75) is 39.9 Å². The minimum Gasteiger partial charge on any atom is -0.497 e. The Morgan fingerprint density at radius 2 is 2.04 bits per heavy atom. The lowest BCUT2D eigenvalue weighted by Crippen LogP contribution is -2.53. The van der Waals surface area contributed by atoms with E-state index >= 15 is 0 Å². The van der Waals surface area contributed by atoms with Crippen LogP contribution in [0.3, 0.4) is 0 Å². The van der Waals surface area contributed by atoms with Gasteiger partial charge in [-0.1, -0.05) is 12.1 Å². The number of aromatic nitrogens is 2. The van der Waals surface area contributed by atoms with Crippen LogP contribution in [0.1, 0.15) is 23.9 Å². The number of aryl methyl sites for hydroxylation is 2. The van der Waals surface area contributed by atoms with E-state index in [0.717, 1.165) is 42.3 Å². The van der Waals surface area contributed by atoms with Crippen LogP contribution in [0.5, 0.6) is 5.75 Å². The number of amides is 1. The summed E-state index contributed by atoms with van der Waals surface area (Å²) in [5, 5.41) is 4.53. The molecule has 0 bridgehead atoms. The molecule has 0 N–H and O–H groups in total. The largest absolute Gasteiger partial charge is 0.497 e. The summed E-state index contributed by atoms with van der Waals surface area (Å²) in [4.78, 5) is 16.8. The summed E-state index contributed by atoms with van der Waals surface area (Å²) in [6, 6.07) is 10.3. The van der Waals surface area contributed by atoms with Gasteiger partial charge in [0.2, 0.25) is 5.91 Å². The number of piperazine rings is 1. The predicted octanol–water partition coefficient (Wildman–Crippen LogP) is 2.24. The number of rotatable bonds is 6. The van der Waals surface area contributed by atoms with Crippen LogP contribution >= 0.6 is 0 Å². The van der Waals surface area contributed by atoms with E-state index in [-0.39, 0.29) is 11.9 Å². The van der Waals surface area contributed by atoms with E-state index in [1.807, 2.05) is 40.8 Å². The third-order valence-corrected chi connectivity index (χ3v) is 5.02. The molecule has 0 aliphatic carbocycles. The Morgan fingerprint density at radius 3 is 2.69 bits per heavy atom. The maximum Gasteiger partial charge on any atom is 0.237 e. The summed E-state index contributed by atoms with van der Waals surface area (Å²) in [7, 11) is 1.66. The zero-order valence-corrected chi connectivity index (χ0v) is 16.1. The first-order valence-electron chi connectivity index (χ1n) is 9.12. The molecule has 2 aromatic rings. The lowest BCUT2D eigenvalue weighted by Gasteiger charge is -2.37. The molecule has 26 heavy (non-hydrogen) atoms. The van der Waals surface area contributed by atoms with E-state index in [1.54, 1.807) is 7.11 Å². The van der Waals surface area contributed by atoms with Crippen LogP contribution in [-0.4, -0.2) is 58.3 Å². The molecule has 1 atom stereocenters. The normalized spacial score (nSPS) is 16.8. The highest BCUT2D eigenvalue weighted by atomic mass is 16.5. The fourth-order valence-electron chi connectivity index (χ4n) is 3.49. The average Bonchev–Trinajstić information content (AvgIpc) is 2.94. The van der Waals surface area contributed by atoms with Crippen LogP contribution in [0, 0.1) is 13.8 Å². The van der Waals surface area contributed by atoms with E-state index in [9.17, 15) is 4.79 Å². The first-order valence-corrected chi connectivity index (χ1v) is 9.12. The van der Waals surface area contributed by atoms with Crippen LogP contribution in [0.2, 0.25) is 0 Å². The maximum atomic E-state index is 12.6. The Hall–Kier alpha value is -2.34. The molecule has 1 aromatic heterocycles. The highest BCUT2D eigenvalue weighted by Crippen LogP contribution is 2.17. The summed E-state index contributed by atoms with van der Waals surface area (Å²) in [5.41, 5.74) is 3.30. The second kappa shape index (κ2) is 7.91. The van der Waals surface area contributed by atoms with Crippen molar-refractivity contribution in [1.82, 2.24) is 19.6 Å². The van der Waals surface area contributed by atoms with Gasteiger partial charge in [-0.25, -0.2) is 0 Å². The van der Waals surface area contributed by atoms with Crippen molar-refractivity contribution in [2.75, 3.05) is 26.7 Å². The van der Waals surface area contributed by atoms with Gasteiger partial charge in [0.1, 0.15) is 5.75 Å². The first-order chi connectivity index (χ1) is 12.5. The number of carbonyl (C=O) groups excluding carboxylic acids is 1. The van der Waals surface area contributed by atoms with Gasteiger partial charge in [0.15, 0.2) is 0 Å². The highest BCUT2D eigenvalue weighted by molar-refractivity contribution is 5.79. The van der Waals surface area contributed by atoms with Gasteiger partial charge in [-0.3, -0.25) is 14.4 Å². The SMILES string of the molecule is COc1cccc(CN2CCN(C(C)Cn3nc(C)cc3C)CC2=O)c1. The van der Waals surface area contributed by atoms with E-state index in [4.69, 9.17) is 4.74 Å². The molecule has 6 heteroatoms. The Morgan fingerprint density at radius 1 is 1.23 bits per heavy atom. The minimum atomic E-state index is 0.180. The van der Waals surface area contributed by atoms with Crippen molar-refractivity contribution in [3.63, 3.8) is 0 Å². The number of carbonyl (C=O) groups is 1. The van der Waals surface area contributed by atoms with Gasteiger partial charge in [-0.05, 0) is 44.5 Å². The third-order valence-electron chi connectivity index (χ3n) is 5.02. The summed E-state index contributed by atoms with van der Waals surface area (Å²) >= 11 is 0. The molecule has 0 saturated carbocycles. The van der Waals surface area contributed by atoms with E-state index in [2.05, 4.69) is 29.9 Å². The third kappa shape index (κ3) is 4.25. The molecule has 1 unspecified atom stereocenters. The van der Waals surface area contributed by atoms with Crippen molar-refractivity contribution in [1.29, 1.82) is 0 Å². The van der Waals surface area contributed by atoms with Crippen molar-refractivity contribution >= 4 is 5.91 Å². The number of benzene rings is 1. The van der Waals surface area contributed by atoms with Gasteiger partial charge in [0, 0.05) is 31.4 Å². The zero-order valence-electron chi connectivity index (χ0n) is 16.1. The summed E-state index contributed by atoms with van der Waals surface area (Å²) in [6.45, 7) is 9.79. The molecule has 140 valence electrons. The summed E-state index contributed by atoms with van der Waals surface area (Å²) in [6.07, 6.45) is 0. The molecule has 3 rings (SSSR count). The first kappa shape index (κ1) is 18.5. The minimum absolute atomic E-state index is 0.180. The maximum absolute atomic E-state index is 12.6. The monoisotopic (exact) mass is 356 g/mol. The number of methoxy groups -OCH3 is 1. The van der Waals surface area contributed by atoms with Crippen molar-refractivity contribution in [3.05, 3.63) is 47.3 Å². The molecular formula is C20H28N4O2. The Balaban J connectivity index is 1.57. The molecule has 1 aliphatic heterocycles. The van der Waals surface area contributed by atoms with Gasteiger partial charge < -0.3 is 9.64 Å². The molecule has 1 fully saturated rings. The number of ether oxygens (including phenoxy) is 1. The standard InChI is InChI=1S/C20H28N4O2/c1-15-10-16(2)24(21-15)12-17(3)22-8-9-23(20(25)14-22)13-18-6-5-7-19(11-18)26-4/h5-7,10-11,17H,8-9,12-14H2,1-4H3. The zero-order chi connectivity index (χ0) is 18.7. The van der Waals surface area contributed by atoms with Crippen LogP contribution in [0.15, 0.2) is 30.3 Å². The predicted molar refractivity (Wildman–Crippen MR) is 101 cm³/mol. The number of nitrogens with zero attached hydrogens (tertiary/aromatic N) is 4. The molecule has 1 saturated heterocycles. The van der Waals surface area contributed by atoms with Crippen molar-refractivity contribution < 1.29 is 9.53 Å². The molecule has 0 radical (unpaired) electrons. The molecular weight excluding hydrogens is 328 g/mol. The van der Waals surface area contributed by atoms with Crippen molar-refractivity contribution in [2.24, 2.45) is 0 Å². The molecule has 1 aliphatic rings. The Labute approximate surface area is 155 Å².